The standard InChI is InChI=1S/C25H23NO6S/c27-25-24-14-20(17-30-16-19-8-12-23(13-9-19)33(28,29)32-24)26(25)15-18-6-10-22(11-7-18)31-21-4-2-1-3-5-21/h1-13,20,24H,14-17H2. The van der Waals surface area contributed by atoms with Crippen LogP contribution >= 0.6 is 0 Å². The number of carbonyl (C=O) groups excluding carboxylic acids is 1. The van der Waals surface area contributed by atoms with Crippen LogP contribution in [-0.2, 0) is 37.0 Å². The predicted molar refractivity (Wildman–Crippen MR) is 120 cm³/mol. The van der Waals surface area contributed by atoms with E-state index in [9.17, 15) is 13.2 Å². The smallest absolute Gasteiger partial charge is 0.297 e. The molecule has 2 atom stereocenters. The van der Waals surface area contributed by atoms with Gasteiger partial charge in [0.25, 0.3) is 16.0 Å². The Morgan fingerprint density at radius 2 is 1.61 bits per heavy atom. The zero-order valence-electron chi connectivity index (χ0n) is 17.8. The lowest BCUT2D eigenvalue weighted by Crippen LogP contribution is -2.37. The van der Waals surface area contributed by atoms with Gasteiger partial charge in [-0.1, -0.05) is 42.5 Å². The molecule has 1 amide bonds. The summed E-state index contributed by atoms with van der Waals surface area (Å²) < 4.78 is 42.4. The van der Waals surface area contributed by atoms with Gasteiger partial charge in [0.1, 0.15) is 11.5 Å². The maximum Gasteiger partial charge on any atom is 0.297 e. The molecular weight excluding hydrogens is 442 g/mol. The summed E-state index contributed by atoms with van der Waals surface area (Å²) in [6, 6.07) is 23.0. The highest BCUT2D eigenvalue weighted by atomic mass is 32.2. The van der Waals surface area contributed by atoms with Gasteiger partial charge >= 0.3 is 0 Å². The minimum atomic E-state index is -4.04. The SMILES string of the molecule is O=C1C2CC(COCc3ccc(cc3)S(=O)(=O)O2)N1Cc1ccc(Oc2ccccc2)cc1. The monoisotopic (exact) mass is 465 g/mol. The molecule has 7 nitrogen and oxygen atoms in total. The van der Waals surface area contributed by atoms with Crippen LogP contribution in [0.3, 0.4) is 0 Å². The number of hydrogen-bond donors (Lipinski definition) is 0. The molecule has 4 bridgehead atoms. The third kappa shape index (κ3) is 4.78. The van der Waals surface area contributed by atoms with Crippen molar-refractivity contribution in [2.24, 2.45) is 0 Å². The maximum absolute atomic E-state index is 13.1. The molecule has 3 heterocycles. The first kappa shape index (κ1) is 21.6. The number of nitrogens with zero attached hydrogens (tertiary/aromatic N) is 1. The number of rotatable bonds is 4. The molecule has 3 aliphatic heterocycles. The Hall–Kier alpha value is -3.20. The lowest BCUT2D eigenvalue weighted by atomic mass is 10.1. The molecule has 0 N–H and O–H groups in total. The Morgan fingerprint density at radius 1 is 0.909 bits per heavy atom. The minimum Gasteiger partial charge on any atom is -0.457 e. The summed E-state index contributed by atoms with van der Waals surface area (Å²) in [5.41, 5.74) is 1.75. The van der Waals surface area contributed by atoms with Gasteiger partial charge in [0, 0.05) is 13.0 Å². The third-order valence-electron chi connectivity index (χ3n) is 5.77. The minimum absolute atomic E-state index is 0.0311. The van der Waals surface area contributed by atoms with Crippen molar-refractivity contribution >= 4 is 16.0 Å². The maximum atomic E-state index is 13.1. The fourth-order valence-corrected chi connectivity index (χ4v) is 5.09. The molecular formula is C25H23NO6S. The van der Waals surface area contributed by atoms with Crippen LogP contribution in [0, 0.1) is 0 Å². The highest BCUT2D eigenvalue weighted by Crippen LogP contribution is 2.29. The van der Waals surface area contributed by atoms with Crippen molar-refractivity contribution in [3.05, 3.63) is 90.0 Å². The first-order valence-electron chi connectivity index (χ1n) is 10.7. The molecule has 3 aromatic rings. The second-order valence-corrected chi connectivity index (χ2v) is 9.68. The fraction of sp³-hybridized carbons (Fsp3) is 0.240. The van der Waals surface area contributed by atoms with Crippen molar-refractivity contribution in [1.29, 1.82) is 0 Å². The van der Waals surface area contributed by atoms with E-state index in [1.807, 2.05) is 54.6 Å². The van der Waals surface area contributed by atoms with Gasteiger partial charge in [-0.15, -0.1) is 0 Å². The zero-order chi connectivity index (χ0) is 22.8. The van der Waals surface area contributed by atoms with Crippen LogP contribution in [0.25, 0.3) is 0 Å². The summed E-state index contributed by atoms with van der Waals surface area (Å²) in [6.07, 6.45) is -0.813. The molecule has 1 fully saturated rings. The van der Waals surface area contributed by atoms with Crippen molar-refractivity contribution in [3.63, 3.8) is 0 Å². The zero-order valence-corrected chi connectivity index (χ0v) is 18.6. The number of benzene rings is 3. The number of fused-ring (bicyclic) bond motifs is 5. The number of ether oxygens (including phenoxy) is 2. The summed E-state index contributed by atoms with van der Waals surface area (Å²) in [6.45, 7) is 0.959. The normalized spacial score (nSPS) is 21.9. The first-order valence-corrected chi connectivity index (χ1v) is 12.1. The first-order chi connectivity index (χ1) is 16.0. The van der Waals surface area contributed by atoms with Crippen molar-refractivity contribution in [2.75, 3.05) is 6.61 Å². The van der Waals surface area contributed by atoms with Gasteiger partial charge < -0.3 is 14.4 Å². The molecule has 33 heavy (non-hydrogen) atoms. The number of amides is 1. The summed E-state index contributed by atoms with van der Waals surface area (Å²) in [5.74, 6) is 1.07. The van der Waals surface area contributed by atoms with E-state index < -0.39 is 16.2 Å². The molecule has 8 heteroatoms. The average molecular weight is 466 g/mol. The molecule has 6 rings (SSSR count). The molecule has 0 spiro atoms. The number of carbonyl (C=O) groups is 1. The highest BCUT2D eigenvalue weighted by Gasteiger charge is 2.43. The van der Waals surface area contributed by atoms with Gasteiger partial charge in [-0.3, -0.25) is 8.98 Å². The molecule has 170 valence electrons. The Balaban J connectivity index is 1.33. The van der Waals surface area contributed by atoms with Gasteiger partial charge in [0.2, 0.25) is 0 Å². The third-order valence-corrected chi connectivity index (χ3v) is 7.11. The van der Waals surface area contributed by atoms with Crippen molar-refractivity contribution in [3.8, 4) is 11.5 Å². The summed E-state index contributed by atoms with van der Waals surface area (Å²) in [4.78, 5) is 14.8. The lowest BCUT2D eigenvalue weighted by molar-refractivity contribution is -0.135. The Labute approximate surface area is 192 Å². The van der Waals surface area contributed by atoms with Crippen molar-refractivity contribution < 1.29 is 26.9 Å². The molecule has 0 aromatic heterocycles. The van der Waals surface area contributed by atoms with E-state index >= 15 is 0 Å². The van der Waals surface area contributed by atoms with Crippen LogP contribution in [0.5, 0.6) is 11.5 Å². The lowest BCUT2D eigenvalue weighted by Gasteiger charge is -2.24. The van der Waals surface area contributed by atoms with Gasteiger partial charge in [0.05, 0.1) is 24.2 Å². The molecule has 1 saturated heterocycles. The van der Waals surface area contributed by atoms with Crippen LogP contribution in [0.1, 0.15) is 17.5 Å². The van der Waals surface area contributed by atoms with E-state index in [2.05, 4.69) is 0 Å². The van der Waals surface area contributed by atoms with Crippen molar-refractivity contribution in [2.45, 2.75) is 36.6 Å². The molecule has 3 aromatic carbocycles. The summed E-state index contributed by atoms with van der Waals surface area (Å²) >= 11 is 0. The van der Waals surface area contributed by atoms with E-state index in [1.165, 1.54) is 12.1 Å². The molecule has 0 radical (unpaired) electrons. The van der Waals surface area contributed by atoms with Gasteiger partial charge in [-0.05, 0) is 47.5 Å². The van der Waals surface area contributed by atoms with Crippen LogP contribution in [0.4, 0.5) is 0 Å². The second kappa shape index (κ2) is 8.97. The van der Waals surface area contributed by atoms with E-state index in [0.717, 1.165) is 16.9 Å². The second-order valence-electron chi connectivity index (χ2n) is 8.11. The Morgan fingerprint density at radius 3 is 2.33 bits per heavy atom. The number of para-hydroxylation sites is 1. The van der Waals surface area contributed by atoms with Gasteiger partial charge in [-0.25, -0.2) is 0 Å². The summed E-state index contributed by atoms with van der Waals surface area (Å²) in [7, 11) is -4.04. The average Bonchev–Trinajstić information content (AvgIpc) is 3.09. The fourth-order valence-electron chi connectivity index (χ4n) is 4.04. The predicted octanol–water partition coefficient (Wildman–Crippen LogP) is 3.88. The molecule has 2 unspecified atom stereocenters. The highest BCUT2D eigenvalue weighted by molar-refractivity contribution is 7.86. The van der Waals surface area contributed by atoms with Gasteiger partial charge in [0.15, 0.2) is 6.10 Å². The molecule has 3 aliphatic rings. The van der Waals surface area contributed by atoms with Gasteiger partial charge in [-0.2, -0.15) is 8.42 Å². The van der Waals surface area contributed by atoms with E-state index in [-0.39, 0.29) is 23.3 Å². The van der Waals surface area contributed by atoms with E-state index in [4.69, 9.17) is 13.7 Å². The van der Waals surface area contributed by atoms with Crippen LogP contribution < -0.4 is 4.74 Å². The molecule has 0 aliphatic carbocycles. The Bertz CT molecular complexity index is 1230. The molecule has 0 saturated carbocycles. The van der Waals surface area contributed by atoms with E-state index in [0.29, 0.717) is 25.5 Å². The topological polar surface area (TPSA) is 82.1 Å². The largest absolute Gasteiger partial charge is 0.457 e. The van der Waals surface area contributed by atoms with Crippen LogP contribution in [-0.4, -0.2) is 38.0 Å². The quantitative estimate of drug-likeness (QED) is 0.544. The number of hydrogen-bond acceptors (Lipinski definition) is 6. The van der Waals surface area contributed by atoms with Crippen molar-refractivity contribution in [1.82, 2.24) is 4.90 Å². The van der Waals surface area contributed by atoms with Crippen LogP contribution in [0.15, 0.2) is 83.8 Å². The summed E-state index contributed by atoms with van der Waals surface area (Å²) in [5, 5.41) is 0. The number of likely N-dealkylation sites (tertiary alicyclic amines) is 1. The Kier molecular flexibility index (Phi) is 5.88. The van der Waals surface area contributed by atoms with Crippen LogP contribution in [0.2, 0.25) is 0 Å². The van der Waals surface area contributed by atoms with E-state index in [1.54, 1.807) is 17.0 Å².